The number of hydrogen-bond acceptors (Lipinski definition) is 2. The van der Waals surface area contributed by atoms with Gasteiger partial charge in [0.15, 0.2) is 0 Å². The van der Waals surface area contributed by atoms with Crippen molar-refractivity contribution in [3.05, 3.63) is 11.8 Å². The molecule has 0 N–H and O–H groups in total. The van der Waals surface area contributed by atoms with Gasteiger partial charge in [-0.25, -0.2) is 0 Å². The van der Waals surface area contributed by atoms with E-state index in [-0.39, 0.29) is 15.2 Å². The maximum Gasteiger partial charge on any atom is 0.0695 e. The van der Waals surface area contributed by atoms with Gasteiger partial charge in [0.25, 0.3) is 0 Å². The minimum absolute atomic E-state index is 0.0455. The zero-order valence-corrected chi connectivity index (χ0v) is 12.1. The Bertz CT molecular complexity index is 180. The second kappa shape index (κ2) is 5.68. The van der Waals surface area contributed by atoms with E-state index in [1.54, 1.807) is 0 Å². The molecule has 0 aromatic carbocycles. The molecule has 14 heavy (non-hydrogen) atoms. The fraction of sp³-hybridized carbons (Fsp3) is 0.818. The van der Waals surface area contributed by atoms with Crippen LogP contribution in [0.5, 0.6) is 0 Å². The van der Waals surface area contributed by atoms with E-state index in [9.17, 15) is 0 Å². The lowest BCUT2D eigenvalue weighted by atomic mass is 10.1. The highest BCUT2D eigenvalue weighted by Crippen LogP contribution is 2.21. The topological polar surface area (TPSA) is 6.48 Å². The van der Waals surface area contributed by atoms with E-state index in [0.717, 1.165) is 0 Å². The maximum absolute atomic E-state index is 4.00. The Hall–Kier alpha value is -0.123. The van der Waals surface area contributed by atoms with Crippen LogP contribution >= 0.6 is 0 Å². The van der Waals surface area contributed by atoms with Crippen molar-refractivity contribution in [1.82, 2.24) is 9.80 Å². The van der Waals surface area contributed by atoms with Crippen LogP contribution in [0.15, 0.2) is 11.8 Å². The van der Waals surface area contributed by atoms with Crippen LogP contribution in [0.1, 0.15) is 20.3 Å². The van der Waals surface area contributed by atoms with Crippen molar-refractivity contribution in [2.45, 2.75) is 32.0 Å². The van der Waals surface area contributed by atoms with E-state index in [1.807, 2.05) is 0 Å². The predicted molar refractivity (Wildman–Crippen MR) is 68.6 cm³/mol. The predicted octanol–water partition coefficient (Wildman–Crippen LogP) is 1.34. The molecule has 0 aliphatic rings. The van der Waals surface area contributed by atoms with Crippen molar-refractivity contribution in [2.24, 2.45) is 0 Å². The first-order chi connectivity index (χ1) is 6.30. The first-order valence-corrected chi connectivity index (χ1v) is 7.00. The van der Waals surface area contributed by atoms with Crippen LogP contribution in [0, 0.1) is 0 Å². The molecule has 84 valence electrons. The monoisotopic (exact) mass is 214 g/mol. The Balaban J connectivity index is 4.17. The van der Waals surface area contributed by atoms with E-state index in [2.05, 4.69) is 58.4 Å². The summed E-state index contributed by atoms with van der Waals surface area (Å²) in [5.41, 5.74) is 0.197. The van der Waals surface area contributed by atoms with E-state index in [4.69, 9.17) is 0 Å². The van der Waals surface area contributed by atoms with Gasteiger partial charge in [-0.1, -0.05) is 11.2 Å². The Morgan fingerprint density at radius 3 is 1.93 bits per heavy atom. The molecular formula is C11H26N2Si. The van der Waals surface area contributed by atoms with Crippen molar-refractivity contribution in [1.29, 1.82) is 0 Å². The smallest absolute Gasteiger partial charge is 0.0695 e. The van der Waals surface area contributed by atoms with Crippen LogP contribution in [0.3, 0.4) is 0 Å². The van der Waals surface area contributed by atoms with Crippen LogP contribution in [0.2, 0.25) is 6.04 Å². The molecular weight excluding hydrogens is 188 g/mol. The normalized spacial score (nSPS) is 13.4. The summed E-state index contributed by atoms with van der Waals surface area (Å²) in [6, 6.07) is 1.35. The lowest BCUT2D eigenvalue weighted by molar-refractivity contribution is 0.0180. The van der Waals surface area contributed by atoms with E-state index < -0.39 is 0 Å². The largest absolute Gasteiger partial charge is 0.292 e. The van der Waals surface area contributed by atoms with Crippen molar-refractivity contribution in [2.75, 3.05) is 28.2 Å². The van der Waals surface area contributed by atoms with Crippen LogP contribution < -0.4 is 0 Å². The minimum Gasteiger partial charge on any atom is -0.292 e. The van der Waals surface area contributed by atoms with Crippen molar-refractivity contribution >= 4 is 9.52 Å². The molecule has 3 heteroatoms. The lowest BCUT2D eigenvalue weighted by Gasteiger charge is -2.42. The fourth-order valence-electron chi connectivity index (χ4n) is 1.57. The molecule has 0 aromatic rings. The molecule has 0 saturated heterocycles. The van der Waals surface area contributed by atoms with Crippen molar-refractivity contribution < 1.29 is 0 Å². The molecule has 0 rings (SSSR count). The molecule has 0 heterocycles. The molecule has 0 aliphatic carbocycles. The third kappa shape index (κ3) is 3.94. The van der Waals surface area contributed by atoms with Gasteiger partial charge in [-0.05, 0) is 48.5 Å². The molecule has 0 bridgehead atoms. The summed E-state index contributed by atoms with van der Waals surface area (Å²) in [5.74, 6) is 0. The highest BCUT2D eigenvalue weighted by Gasteiger charge is 2.28. The van der Waals surface area contributed by atoms with Crippen molar-refractivity contribution in [3.63, 3.8) is 0 Å². The molecule has 0 spiro atoms. The summed E-state index contributed by atoms with van der Waals surface area (Å²) < 4.78 is 0. The molecule has 2 nitrogen and oxygen atoms in total. The van der Waals surface area contributed by atoms with E-state index in [1.165, 1.54) is 17.7 Å². The summed E-state index contributed by atoms with van der Waals surface area (Å²) in [7, 11) is 8.57. The molecule has 0 radical (unpaired) electrons. The van der Waals surface area contributed by atoms with Crippen LogP contribution in [-0.4, -0.2) is 53.2 Å². The lowest BCUT2D eigenvalue weighted by Crippen LogP contribution is -2.52. The van der Waals surface area contributed by atoms with Gasteiger partial charge < -0.3 is 0 Å². The van der Waals surface area contributed by atoms with Gasteiger partial charge >= 0.3 is 0 Å². The minimum atomic E-state index is -0.0455. The van der Waals surface area contributed by atoms with Crippen LogP contribution in [0.25, 0.3) is 0 Å². The standard InChI is InChI=1S/C11H26N2Si/c1-10(2)14-9-8-11(3,12(4)5)13(6)7/h1,8-9,14H2,2-7H3. The number of hydrogen-bond donors (Lipinski definition) is 0. The van der Waals surface area contributed by atoms with Gasteiger partial charge in [0.2, 0.25) is 0 Å². The Kier molecular flexibility index (Phi) is 5.63. The quantitative estimate of drug-likeness (QED) is 0.486. The summed E-state index contributed by atoms with van der Waals surface area (Å²) in [6.07, 6.45) is 1.24. The SMILES string of the molecule is C=C(C)[SiH2]CCC(C)(N(C)C)N(C)C. The zero-order chi connectivity index (χ0) is 11.4. The highest BCUT2D eigenvalue weighted by molar-refractivity contribution is 6.44. The fourth-order valence-corrected chi connectivity index (χ4v) is 3.02. The molecule has 0 atom stereocenters. The third-order valence-corrected chi connectivity index (χ3v) is 4.74. The van der Waals surface area contributed by atoms with E-state index >= 15 is 0 Å². The highest BCUT2D eigenvalue weighted by atomic mass is 28.2. The Labute approximate surface area is 91.8 Å². The summed E-state index contributed by atoms with van der Waals surface area (Å²) >= 11 is 0. The van der Waals surface area contributed by atoms with Gasteiger partial charge in [0.1, 0.15) is 0 Å². The average molecular weight is 214 g/mol. The summed E-state index contributed by atoms with van der Waals surface area (Å²) in [4.78, 5) is 4.61. The van der Waals surface area contributed by atoms with Gasteiger partial charge in [0.05, 0.1) is 5.66 Å². The van der Waals surface area contributed by atoms with Gasteiger partial charge in [-0.2, -0.15) is 0 Å². The number of nitrogens with zero attached hydrogens (tertiary/aromatic N) is 2. The zero-order valence-electron chi connectivity index (χ0n) is 10.7. The first-order valence-electron chi connectivity index (χ1n) is 5.30. The van der Waals surface area contributed by atoms with Gasteiger partial charge in [0, 0.05) is 9.52 Å². The van der Waals surface area contributed by atoms with E-state index in [0.29, 0.717) is 0 Å². The third-order valence-electron chi connectivity index (χ3n) is 3.18. The molecule has 0 aliphatic heterocycles. The summed E-state index contributed by atoms with van der Waals surface area (Å²) in [6.45, 7) is 8.47. The van der Waals surface area contributed by atoms with Gasteiger partial charge in [-0.3, -0.25) is 9.80 Å². The second-order valence-electron chi connectivity index (χ2n) is 4.82. The van der Waals surface area contributed by atoms with Crippen molar-refractivity contribution in [3.8, 4) is 0 Å². The first kappa shape index (κ1) is 13.9. The molecule has 0 aromatic heterocycles. The van der Waals surface area contributed by atoms with Gasteiger partial charge in [-0.15, -0.1) is 6.58 Å². The van der Waals surface area contributed by atoms with Crippen LogP contribution in [-0.2, 0) is 0 Å². The summed E-state index contributed by atoms with van der Waals surface area (Å²) in [5, 5.41) is 1.42. The van der Waals surface area contributed by atoms with Crippen LogP contribution in [0.4, 0.5) is 0 Å². The maximum atomic E-state index is 4.00. The average Bonchev–Trinajstić information content (AvgIpc) is 2.02. The number of rotatable bonds is 6. The Morgan fingerprint density at radius 2 is 1.64 bits per heavy atom. The molecule has 0 amide bonds. The molecule has 0 fully saturated rings. The molecule has 0 unspecified atom stereocenters. The Morgan fingerprint density at radius 1 is 1.21 bits per heavy atom. The second-order valence-corrected chi connectivity index (χ2v) is 7.23. The molecule has 0 saturated carbocycles. The number of allylic oxidation sites excluding steroid dienone is 1.